The molecule has 0 aromatic carbocycles. The van der Waals surface area contributed by atoms with Crippen molar-refractivity contribution in [2.75, 3.05) is 27.2 Å². The molecule has 4 rings (SSSR count). The van der Waals surface area contributed by atoms with E-state index in [9.17, 15) is 23.2 Å². The van der Waals surface area contributed by atoms with Gasteiger partial charge in [0.25, 0.3) is 0 Å². The minimum atomic E-state index is -4.82. The number of aryl methyl sites for hydroxylation is 1. The fourth-order valence-corrected chi connectivity index (χ4v) is 5.40. The van der Waals surface area contributed by atoms with Gasteiger partial charge in [-0.2, -0.15) is 27.9 Å². The maximum atomic E-state index is 15.3. The van der Waals surface area contributed by atoms with Gasteiger partial charge in [0.1, 0.15) is 10.9 Å². The summed E-state index contributed by atoms with van der Waals surface area (Å²) < 4.78 is 58.1. The molecule has 0 radical (unpaired) electrons. The van der Waals surface area contributed by atoms with Crippen molar-refractivity contribution in [2.45, 2.75) is 32.1 Å². The lowest BCUT2D eigenvalue weighted by Crippen LogP contribution is -2.37. The zero-order valence-corrected chi connectivity index (χ0v) is 21.2. The molecule has 0 saturated carbocycles. The highest BCUT2D eigenvalue weighted by atomic mass is 32.1. The lowest BCUT2D eigenvalue weighted by atomic mass is 9.84. The summed E-state index contributed by atoms with van der Waals surface area (Å²) in [5, 5.41) is 13.1. The molecule has 7 nitrogen and oxygen atoms in total. The van der Waals surface area contributed by atoms with Crippen LogP contribution in [0, 0.1) is 17.3 Å². The van der Waals surface area contributed by atoms with Gasteiger partial charge in [0.15, 0.2) is 5.69 Å². The van der Waals surface area contributed by atoms with Crippen LogP contribution in [0.15, 0.2) is 36.7 Å². The molecule has 37 heavy (non-hydrogen) atoms. The highest BCUT2D eigenvalue weighted by molar-refractivity contribution is 7.12. The van der Waals surface area contributed by atoms with E-state index in [1.54, 1.807) is 24.0 Å². The van der Waals surface area contributed by atoms with Gasteiger partial charge in [0.2, 0.25) is 11.9 Å². The molecule has 3 aromatic rings. The van der Waals surface area contributed by atoms with Gasteiger partial charge >= 0.3 is 6.18 Å². The Kier molecular flexibility index (Phi) is 7.47. The van der Waals surface area contributed by atoms with Gasteiger partial charge < -0.3 is 9.80 Å². The Labute approximate surface area is 215 Å². The zero-order chi connectivity index (χ0) is 26.9. The van der Waals surface area contributed by atoms with Crippen LogP contribution in [-0.4, -0.2) is 57.7 Å². The molecule has 0 aliphatic carbocycles. The molecule has 1 aliphatic heterocycles. The monoisotopic (exact) mass is 532 g/mol. The summed E-state index contributed by atoms with van der Waals surface area (Å²) >= 11 is 1.21. The van der Waals surface area contributed by atoms with Gasteiger partial charge in [0.05, 0.1) is 6.54 Å². The summed E-state index contributed by atoms with van der Waals surface area (Å²) in [6.45, 7) is 2.68. The van der Waals surface area contributed by atoms with Crippen LogP contribution >= 0.6 is 11.3 Å². The summed E-state index contributed by atoms with van der Waals surface area (Å²) in [5.41, 5.74) is -1.01. The number of nitrogens with zero attached hydrogens (tertiary/aromatic N) is 6. The predicted molar refractivity (Wildman–Crippen MR) is 130 cm³/mol. The number of carbonyl (C=O) groups excluding carboxylic acids is 1. The molecule has 1 atom stereocenters. The number of nitriles is 1. The fourth-order valence-electron chi connectivity index (χ4n) is 4.36. The molecule has 0 bridgehead atoms. The topological polar surface area (TPSA) is 78.0 Å². The van der Waals surface area contributed by atoms with E-state index in [0.717, 1.165) is 15.8 Å². The summed E-state index contributed by atoms with van der Waals surface area (Å²) in [7, 11) is 3.73. The van der Waals surface area contributed by atoms with Crippen molar-refractivity contribution in [3.8, 4) is 17.2 Å². The van der Waals surface area contributed by atoms with E-state index in [1.165, 1.54) is 29.7 Å². The van der Waals surface area contributed by atoms with E-state index in [2.05, 4.69) is 16.2 Å². The van der Waals surface area contributed by atoms with E-state index < -0.39 is 29.3 Å². The van der Waals surface area contributed by atoms with Gasteiger partial charge in [-0.15, -0.1) is 11.3 Å². The molecule has 1 unspecified atom stereocenters. The number of alkyl halides is 3. The Hall–Kier alpha value is -3.56. The first kappa shape index (κ1) is 26.5. The third kappa shape index (κ3) is 5.42. The second-order valence-corrected chi connectivity index (χ2v) is 9.98. The van der Waals surface area contributed by atoms with E-state index in [1.807, 2.05) is 19.0 Å². The Bertz CT molecular complexity index is 1380. The first-order valence-electron chi connectivity index (χ1n) is 11.5. The predicted octanol–water partition coefficient (Wildman–Crippen LogP) is 4.65. The third-order valence-electron chi connectivity index (χ3n) is 6.04. The first-order chi connectivity index (χ1) is 17.5. The number of thiophene rings is 1. The molecule has 194 valence electrons. The molecule has 4 heterocycles. The van der Waals surface area contributed by atoms with Crippen LogP contribution in [-0.2, 0) is 24.1 Å². The molecule has 3 aromatic heterocycles. The molecular formula is C25H24F4N6OS. The number of halogens is 4. The maximum absolute atomic E-state index is 15.3. The molecule has 0 fully saturated rings. The number of pyridine rings is 1. The van der Waals surface area contributed by atoms with Crippen LogP contribution < -0.4 is 0 Å². The number of hydrogen-bond donors (Lipinski definition) is 0. The number of carbonyl (C=O) groups is 1. The molecule has 12 heteroatoms. The van der Waals surface area contributed by atoms with E-state index in [4.69, 9.17) is 0 Å². The standard InChI is InChI=1S/C25H24F4N6OS/c1-4-35-13-19(23(32-35)25(27,28)29)22-16(7-8-31-24(22)26)18-12-34(21(36)6-5-9-33(2)3)14-20-17(18)10-15(11-30)37-20/h5-8,10,13,18H,4,9,12,14H2,1-3H3/b6-5+. The van der Waals surface area contributed by atoms with Crippen molar-refractivity contribution >= 4 is 17.2 Å². The molecule has 0 saturated heterocycles. The second-order valence-electron chi connectivity index (χ2n) is 8.85. The smallest absolute Gasteiger partial charge is 0.333 e. The van der Waals surface area contributed by atoms with Gasteiger partial charge in [-0.1, -0.05) is 6.08 Å². The number of amides is 1. The molecule has 1 aliphatic rings. The zero-order valence-electron chi connectivity index (χ0n) is 20.4. The van der Waals surface area contributed by atoms with Crippen LogP contribution in [0.25, 0.3) is 11.1 Å². The van der Waals surface area contributed by atoms with E-state index in [0.29, 0.717) is 17.0 Å². The lowest BCUT2D eigenvalue weighted by Gasteiger charge is -2.33. The summed E-state index contributed by atoms with van der Waals surface area (Å²) in [5.74, 6) is -2.02. The quantitative estimate of drug-likeness (QED) is 0.263. The van der Waals surface area contributed by atoms with Crippen molar-refractivity contribution in [2.24, 2.45) is 0 Å². The lowest BCUT2D eigenvalue weighted by molar-refractivity contribution is -0.141. The van der Waals surface area contributed by atoms with Crippen LogP contribution in [0.5, 0.6) is 0 Å². The van der Waals surface area contributed by atoms with Crippen LogP contribution in [0.2, 0.25) is 0 Å². The largest absolute Gasteiger partial charge is 0.435 e. The van der Waals surface area contributed by atoms with E-state index in [-0.39, 0.29) is 36.7 Å². The van der Waals surface area contributed by atoms with Crippen LogP contribution in [0.3, 0.4) is 0 Å². The average molecular weight is 533 g/mol. The Morgan fingerprint density at radius 2 is 2.11 bits per heavy atom. The van der Waals surface area contributed by atoms with Gasteiger partial charge in [-0.3, -0.25) is 9.48 Å². The number of hydrogen-bond acceptors (Lipinski definition) is 6. The number of likely N-dealkylation sites (N-methyl/N-ethyl adjacent to an activating group) is 1. The minimum Gasteiger partial charge on any atom is -0.333 e. The van der Waals surface area contributed by atoms with Crippen molar-refractivity contribution in [3.63, 3.8) is 0 Å². The third-order valence-corrected chi connectivity index (χ3v) is 7.08. The SMILES string of the molecule is CCn1cc(-c2c(C3CN(C(=O)/C=C/CN(C)C)Cc4sc(C#N)cc43)ccnc2F)c(C(F)(F)F)n1. The Morgan fingerprint density at radius 1 is 1.35 bits per heavy atom. The Balaban J connectivity index is 1.86. The highest BCUT2D eigenvalue weighted by Crippen LogP contribution is 2.44. The minimum absolute atomic E-state index is 0.0967. The highest BCUT2D eigenvalue weighted by Gasteiger charge is 2.40. The van der Waals surface area contributed by atoms with Gasteiger partial charge in [-0.25, -0.2) is 4.98 Å². The van der Waals surface area contributed by atoms with Gasteiger partial charge in [0, 0.05) is 60.0 Å². The normalized spacial score (nSPS) is 15.9. The number of aromatic nitrogens is 3. The number of rotatable bonds is 6. The summed E-state index contributed by atoms with van der Waals surface area (Å²) in [6.07, 6.45) is 0.705. The average Bonchev–Trinajstić information content (AvgIpc) is 3.47. The molecular weight excluding hydrogens is 508 g/mol. The van der Waals surface area contributed by atoms with Crippen LogP contribution in [0.1, 0.15) is 39.4 Å². The fraction of sp³-hybridized carbons (Fsp3) is 0.360. The van der Waals surface area contributed by atoms with Crippen molar-refractivity contribution in [1.82, 2.24) is 24.6 Å². The van der Waals surface area contributed by atoms with Gasteiger partial charge in [-0.05, 0) is 44.3 Å². The van der Waals surface area contributed by atoms with Crippen molar-refractivity contribution < 1.29 is 22.4 Å². The second kappa shape index (κ2) is 10.4. The van der Waals surface area contributed by atoms with Crippen molar-refractivity contribution in [1.29, 1.82) is 5.26 Å². The summed E-state index contributed by atoms with van der Waals surface area (Å²) in [6, 6.07) is 5.22. The van der Waals surface area contributed by atoms with Crippen molar-refractivity contribution in [3.05, 3.63) is 69.2 Å². The Morgan fingerprint density at radius 3 is 2.76 bits per heavy atom. The first-order valence-corrected chi connectivity index (χ1v) is 12.3. The molecule has 0 spiro atoms. The maximum Gasteiger partial charge on any atom is 0.435 e. The van der Waals surface area contributed by atoms with Crippen LogP contribution in [0.4, 0.5) is 17.6 Å². The van der Waals surface area contributed by atoms with E-state index >= 15 is 4.39 Å². The molecule has 0 N–H and O–H groups in total. The molecule has 1 amide bonds. The number of fused-ring (bicyclic) bond motifs is 1. The summed E-state index contributed by atoms with van der Waals surface area (Å²) in [4.78, 5) is 21.2.